The van der Waals surface area contributed by atoms with Crippen LogP contribution in [0.1, 0.15) is 43.0 Å². The molecule has 0 aliphatic heterocycles. The minimum Gasteiger partial charge on any atom is -0.497 e. The lowest BCUT2D eigenvalue weighted by Crippen LogP contribution is -2.31. The standard InChI is InChI=1S/C16H20N2O4/c1-9(2)17-16(20)13-14(18-22-15(13)10(3)19)11-5-7-12(21-4)8-6-11/h5-10,19H,1-4H3,(H,17,20)/t10-/m0/s1. The number of benzene rings is 1. The van der Waals surface area contributed by atoms with Crippen molar-refractivity contribution in [3.05, 3.63) is 35.6 Å². The molecule has 0 bridgehead atoms. The van der Waals surface area contributed by atoms with Crippen molar-refractivity contribution in [1.29, 1.82) is 0 Å². The molecule has 2 aromatic rings. The Morgan fingerprint density at radius 2 is 1.91 bits per heavy atom. The lowest BCUT2D eigenvalue weighted by Gasteiger charge is -2.10. The van der Waals surface area contributed by atoms with Gasteiger partial charge in [-0.3, -0.25) is 4.79 Å². The van der Waals surface area contributed by atoms with Crippen LogP contribution in [0.5, 0.6) is 5.75 Å². The van der Waals surface area contributed by atoms with Crippen LogP contribution in [0, 0.1) is 0 Å². The van der Waals surface area contributed by atoms with Gasteiger partial charge < -0.3 is 19.7 Å². The summed E-state index contributed by atoms with van der Waals surface area (Å²) in [6, 6.07) is 7.09. The molecule has 118 valence electrons. The molecule has 2 rings (SSSR count). The number of rotatable bonds is 5. The van der Waals surface area contributed by atoms with Gasteiger partial charge in [-0.25, -0.2) is 0 Å². The lowest BCUT2D eigenvalue weighted by molar-refractivity contribution is 0.0930. The molecule has 0 aliphatic carbocycles. The van der Waals surface area contributed by atoms with Gasteiger partial charge in [0.1, 0.15) is 23.1 Å². The zero-order valence-electron chi connectivity index (χ0n) is 13.1. The largest absolute Gasteiger partial charge is 0.497 e. The van der Waals surface area contributed by atoms with Crippen molar-refractivity contribution in [1.82, 2.24) is 10.5 Å². The highest BCUT2D eigenvalue weighted by molar-refractivity contribution is 6.01. The Kier molecular flexibility index (Phi) is 4.82. The molecule has 0 spiro atoms. The molecule has 0 fully saturated rings. The highest BCUT2D eigenvalue weighted by Crippen LogP contribution is 2.30. The van der Waals surface area contributed by atoms with E-state index < -0.39 is 6.10 Å². The molecule has 1 heterocycles. The number of aromatic nitrogens is 1. The van der Waals surface area contributed by atoms with Gasteiger partial charge >= 0.3 is 0 Å². The molecule has 1 amide bonds. The predicted octanol–water partition coefficient (Wildman–Crippen LogP) is 2.54. The van der Waals surface area contributed by atoms with Crippen LogP contribution in [0.15, 0.2) is 28.8 Å². The van der Waals surface area contributed by atoms with Crippen LogP contribution in [0.4, 0.5) is 0 Å². The van der Waals surface area contributed by atoms with Crippen molar-refractivity contribution in [2.75, 3.05) is 7.11 Å². The summed E-state index contributed by atoms with van der Waals surface area (Å²) in [6.07, 6.45) is -0.924. The number of ether oxygens (including phenoxy) is 1. The number of aliphatic hydroxyl groups is 1. The molecule has 6 nitrogen and oxygen atoms in total. The van der Waals surface area contributed by atoms with Gasteiger partial charge in [0.05, 0.1) is 7.11 Å². The molecule has 1 aromatic carbocycles. The van der Waals surface area contributed by atoms with E-state index in [0.717, 1.165) is 0 Å². The molecule has 0 radical (unpaired) electrons. The summed E-state index contributed by atoms with van der Waals surface area (Å²) in [5.41, 5.74) is 1.37. The third-order valence-corrected chi connectivity index (χ3v) is 3.11. The normalized spacial score (nSPS) is 12.3. The number of hydrogen-bond donors (Lipinski definition) is 2. The maximum atomic E-state index is 12.4. The molecule has 1 atom stereocenters. The first kappa shape index (κ1) is 16.0. The van der Waals surface area contributed by atoms with Crippen LogP contribution in [0.3, 0.4) is 0 Å². The van der Waals surface area contributed by atoms with Gasteiger partial charge in [0, 0.05) is 11.6 Å². The second-order valence-corrected chi connectivity index (χ2v) is 5.30. The molecule has 1 aromatic heterocycles. The number of nitrogens with one attached hydrogen (secondary N) is 1. The molecule has 0 unspecified atom stereocenters. The van der Waals surface area contributed by atoms with Crippen LogP contribution in [-0.4, -0.2) is 29.3 Å². The Bertz CT molecular complexity index is 645. The first-order valence-corrected chi connectivity index (χ1v) is 7.07. The Morgan fingerprint density at radius 3 is 2.41 bits per heavy atom. The van der Waals surface area contributed by atoms with Crippen LogP contribution < -0.4 is 10.1 Å². The number of carbonyl (C=O) groups excluding carboxylic acids is 1. The van der Waals surface area contributed by atoms with Crippen molar-refractivity contribution >= 4 is 5.91 Å². The maximum Gasteiger partial charge on any atom is 0.257 e. The highest BCUT2D eigenvalue weighted by Gasteiger charge is 2.26. The Balaban J connectivity index is 2.48. The monoisotopic (exact) mass is 304 g/mol. The van der Waals surface area contributed by atoms with Crippen molar-refractivity contribution in [3.8, 4) is 17.0 Å². The third kappa shape index (κ3) is 3.28. The second-order valence-electron chi connectivity index (χ2n) is 5.30. The van der Waals surface area contributed by atoms with E-state index in [2.05, 4.69) is 10.5 Å². The molecule has 0 saturated carbocycles. The first-order valence-electron chi connectivity index (χ1n) is 7.07. The zero-order chi connectivity index (χ0) is 16.3. The third-order valence-electron chi connectivity index (χ3n) is 3.11. The van der Waals surface area contributed by atoms with Crippen LogP contribution in [0.25, 0.3) is 11.3 Å². The predicted molar refractivity (Wildman–Crippen MR) is 81.7 cm³/mol. The summed E-state index contributed by atoms with van der Waals surface area (Å²) in [7, 11) is 1.58. The first-order chi connectivity index (χ1) is 10.4. The van der Waals surface area contributed by atoms with E-state index >= 15 is 0 Å². The fraction of sp³-hybridized carbons (Fsp3) is 0.375. The summed E-state index contributed by atoms with van der Waals surface area (Å²) in [4.78, 5) is 12.4. The van der Waals surface area contributed by atoms with Gasteiger partial charge in [-0.1, -0.05) is 5.16 Å². The van der Waals surface area contributed by atoms with Crippen LogP contribution >= 0.6 is 0 Å². The summed E-state index contributed by atoms with van der Waals surface area (Å²) < 4.78 is 10.3. The zero-order valence-corrected chi connectivity index (χ0v) is 13.1. The number of aliphatic hydroxyl groups excluding tert-OH is 1. The molecule has 0 aliphatic rings. The van der Waals surface area contributed by atoms with E-state index in [0.29, 0.717) is 17.0 Å². The maximum absolute atomic E-state index is 12.4. The topological polar surface area (TPSA) is 84.6 Å². The van der Waals surface area contributed by atoms with E-state index in [1.54, 1.807) is 31.4 Å². The van der Waals surface area contributed by atoms with E-state index in [1.165, 1.54) is 6.92 Å². The minimum atomic E-state index is -0.924. The molecule has 6 heteroatoms. The Labute approximate surface area is 129 Å². The molecule has 2 N–H and O–H groups in total. The summed E-state index contributed by atoms with van der Waals surface area (Å²) in [5, 5.41) is 16.5. The fourth-order valence-corrected chi connectivity index (χ4v) is 2.09. The summed E-state index contributed by atoms with van der Waals surface area (Å²) >= 11 is 0. The van der Waals surface area contributed by atoms with Crippen molar-refractivity contribution in [3.63, 3.8) is 0 Å². The number of carbonyl (C=O) groups is 1. The van der Waals surface area contributed by atoms with E-state index in [9.17, 15) is 9.90 Å². The highest BCUT2D eigenvalue weighted by atomic mass is 16.5. The van der Waals surface area contributed by atoms with Gasteiger partial charge in [-0.15, -0.1) is 0 Å². The number of hydrogen-bond acceptors (Lipinski definition) is 5. The summed E-state index contributed by atoms with van der Waals surface area (Å²) in [6.45, 7) is 5.26. The van der Waals surface area contributed by atoms with E-state index in [-0.39, 0.29) is 23.3 Å². The number of methoxy groups -OCH3 is 1. The quantitative estimate of drug-likeness (QED) is 0.886. The van der Waals surface area contributed by atoms with Gasteiger partial charge in [0.15, 0.2) is 5.76 Å². The molecule has 22 heavy (non-hydrogen) atoms. The van der Waals surface area contributed by atoms with E-state index in [1.807, 2.05) is 13.8 Å². The van der Waals surface area contributed by atoms with Crippen molar-refractivity contribution in [2.45, 2.75) is 32.9 Å². The molecule has 0 saturated heterocycles. The number of nitrogens with zero attached hydrogens (tertiary/aromatic N) is 1. The van der Waals surface area contributed by atoms with Crippen LogP contribution in [-0.2, 0) is 0 Å². The average molecular weight is 304 g/mol. The summed E-state index contributed by atoms with van der Waals surface area (Å²) in [5.74, 6) is 0.540. The van der Waals surface area contributed by atoms with Crippen molar-refractivity contribution in [2.24, 2.45) is 0 Å². The molecular formula is C16H20N2O4. The smallest absolute Gasteiger partial charge is 0.257 e. The minimum absolute atomic E-state index is 0.0343. The fourth-order valence-electron chi connectivity index (χ4n) is 2.09. The Hall–Kier alpha value is -2.34. The SMILES string of the molecule is COc1ccc(-c2noc([C@H](C)O)c2C(=O)NC(C)C)cc1. The second kappa shape index (κ2) is 6.62. The Morgan fingerprint density at radius 1 is 1.27 bits per heavy atom. The van der Waals surface area contributed by atoms with Crippen LogP contribution in [0.2, 0.25) is 0 Å². The number of amides is 1. The van der Waals surface area contributed by atoms with Gasteiger partial charge in [-0.2, -0.15) is 0 Å². The molecular weight excluding hydrogens is 284 g/mol. The van der Waals surface area contributed by atoms with Gasteiger partial charge in [-0.05, 0) is 45.0 Å². The van der Waals surface area contributed by atoms with Crippen molar-refractivity contribution < 1.29 is 19.2 Å². The van der Waals surface area contributed by atoms with Gasteiger partial charge in [0.25, 0.3) is 5.91 Å². The average Bonchev–Trinajstić information content (AvgIpc) is 2.91. The van der Waals surface area contributed by atoms with E-state index in [4.69, 9.17) is 9.26 Å². The lowest BCUT2D eigenvalue weighted by atomic mass is 10.0. The van der Waals surface area contributed by atoms with Gasteiger partial charge in [0.2, 0.25) is 0 Å².